The summed E-state index contributed by atoms with van der Waals surface area (Å²) in [6, 6.07) is 22.4. The van der Waals surface area contributed by atoms with Crippen LogP contribution in [-0.2, 0) is 30.9 Å². The smallest absolute Gasteiger partial charge is 0.258 e. The van der Waals surface area contributed by atoms with Crippen LogP contribution in [0.1, 0.15) is 29.5 Å². The first-order valence-corrected chi connectivity index (χ1v) is 14.8. The Bertz CT molecular complexity index is 1420. The van der Waals surface area contributed by atoms with Gasteiger partial charge in [-0.3, -0.25) is 9.59 Å². The van der Waals surface area contributed by atoms with Crippen molar-refractivity contribution in [3.63, 3.8) is 0 Å². The Morgan fingerprint density at radius 3 is 2.44 bits per heavy atom. The molecule has 1 fully saturated rings. The van der Waals surface area contributed by atoms with Gasteiger partial charge in [-0.2, -0.15) is 9.41 Å². The molecule has 1 aliphatic heterocycles. The lowest BCUT2D eigenvalue weighted by Gasteiger charge is -2.21. The number of carbonyl (C=O) groups excluding carboxylic acids is 2. The highest BCUT2D eigenvalue weighted by atomic mass is 32.2. The van der Waals surface area contributed by atoms with E-state index in [0.29, 0.717) is 17.9 Å². The largest absolute Gasteiger partial charge is 0.484 e. The molecule has 216 valence electrons. The van der Waals surface area contributed by atoms with E-state index in [1.165, 1.54) is 18.3 Å². The molecular formula is C30H34N4O6S. The highest BCUT2D eigenvalue weighted by molar-refractivity contribution is 7.89. The number of nitrogens with zero attached hydrogens (tertiary/aromatic N) is 2. The van der Waals surface area contributed by atoms with E-state index in [0.717, 1.165) is 34.9 Å². The zero-order valence-electron chi connectivity index (χ0n) is 22.9. The molecular weight excluding hydrogens is 544 g/mol. The fourth-order valence-electron chi connectivity index (χ4n) is 4.13. The van der Waals surface area contributed by atoms with Gasteiger partial charge in [-0.25, -0.2) is 13.8 Å². The molecule has 0 spiro atoms. The summed E-state index contributed by atoms with van der Waals surface area (Å²) in [5, 5.41) is 6.77. The number of aryl methyl sites for hydroxylation is 1. The molecule has 1 saturated heterocycles. The second-order valence-electron chi connectivity index (χ2n) is 9.66. The Hall–Kier alpha value is -4.06. The Labute approximate surface area is 240 Å². The monoisotopic (exact) mass is 578 g/mol. The van der Waals surface area contributed by atoms with E-state index >= 15 is 0 Å². The summed E-state index contributed by atoms with van der Waals surface area (Å²) in [4.78, 5) is 24.8. The number of rotatable bonds is 13. The van der Waals surface area contributed by atoms with E-state index in [2.05, 4.69) is 15.8 Å². The SMILES string of the molecule is Cc1ccc(S(=O)(=O)N(CC(=O)N/N=C/c2ccc(OCC(=O)NC[C@H]3CCCO3)cc2)Cc2ccccc2)cc1. The van der Waals surface area contributed by atoms with Crippen LogP contribution in [0.3, 0.4) is 0 Å². The van der Waals surface area contributed by atoms with Crippen LogP contribution in [0.4, 0.5) is 0 Å². The summed E-state index contributed by atoms with van der Waals surface area (Å²) in [5.74, 6) is -0.294. The lowest BCUT2D eigenvalue weighted by Crippen LogP contribution is -2.39. The van der Waals surface area contributed by atoms with Gasteiger partial charge in [0.1, 0.15) is 5.75 Å². The van der Waals surface area contributed by atoms with Gasteiger partial charge in [-0.15, -0.1) is 0 Å². The topological polar surface area (TPSA) is 126 Å². The van der Waals surface area contributed by atoms with Crippen LogP contribution in [0, 0.1) is 6.92 Å². The molecule has 3 aromatic carbocycles. The Balaban J connectivity index is 1.29. The lowest BCUT2D eigenvalue weighted by atomic mass is 10.2. The number of amides is 2. The average molecular weight is 579 g/mol. The summed E-state index contributed by atoms with van der Waals surface area (Å²) in [6.45, 7) is 2.59. The molecule has 2 amide bonds. The van der Waals surface area contributed by atoms with Gasteiger partial charge in [0.25, 0.3) is 11.8 Å². The van der Waals surface area contributed by atoms with Crippen molar-refractivity contribution in [2.24, 2.45) is 5.10 Å². The van der Waals surface area contributed by atoms with Gasteiger partial charge in [0.2, 0.25) is 10.0 Å². The second-order valence-corrected chi connectivity index (χ2v) is 11.6. The van der Waals surface area contributed by atoms with Crippen molar-refractivity contribution in [2.75, 3.05) is 26.3 Å². The van der Waals surface area contributed by atoms with E-state index in [9.17, 15) is 18.0 Å². The number of carbonyl (C=O) groups is 2. The molecule has 41 heavy (non-hydrogen) atoms. The summed E-state index contributed by atoms with van der Waals surface area (Å²) in [7, 11) is -3.94. The van der Waals surface area contributed by atoms with Gasteiger partial charge in [-0.05, 0) is 67.3 Å². The number of nitrogens with one attached hydrogen (secondary N) is 2. The van der Waals surface area contributed by atoms with Crippen LogP contribution >= 0.6 is 0 Å². The average Bonchev–Trinajstić information content (AvgIpc) is 3.50. The number of hydrogen-bond acceptors (Lipinski definition) is 7. The summed E-state index contributed by atoms with van der Waals surface area (Å²) in [5.41, 5.74) is 4.76. The normalized spacial score (nSPS) is 15.2. The molecule has 0 bridgehead atoms. The quantitative estimate of drug-likeness (QED) is 0.237. The highest BCUT2D eigenvalue weighted by Gasteiger charge is 2.27. The number of hydrogen-bond donors (Lipinski definition) is 2. The number of sulfonamides is 1. The zero-order valence-corrected chi connectivity index (χ0v) is 23.7. The molecule has 1 heterocycles. The van der Waals surface area contributed by atoms with E-state index in [4.69, 9.17) is 9.47 Å². The fraction of sp³-hybridized carbons (Fsp3) is 0.300. The first-order chi connectivity index (χ1) is 19.8. The van der Waals surface area contributed by atoms with Crippen LogP contribution < -0.4 is 15.5 Å². The third-order valence-electron chi connectivity index (χ3n) is 6.38. The third kappa shape index (κ3) is 9.24. The molecule has 3 aromatic rings. The maximum absolute atomic E-state index is 13.4. The van der Waals surface area contributed by atoms with E-state index < -0.39 is 22.5 Å². The van der Waals surface area contributed by atoms with Gasteiger partial charge in [0.05, 0.1) is 23.8 Å². The Morgan fingerprint density at radius 1 is 1.02 bits per heavy atom. The van der Waals surface area contributed by atoms with Gasteiger partial charge in [-0.1, -0.05) is 48.0 Å². The maximum Gasteiger partial charge on any atom is 0.258 e. The molecule has 0 radical (unpaired) electrons. The van der Waals surface area contributed by atoms with Gasteiger partial charge >= 0.3 is 0 Å². The highest BCUT2D eigenvalue weighted by Crippen LogP contribution is 2.19. The van der Waals surface area contributed by atoms with Crippen LogP contribution in [0.25, 0.3) is 0 Å². The van der Waals surface area contributed by atoms with E-state index in [1.807, 2.05) is 25.1 Å². The van der Waals surface area contributed by atoms with E-state index in [-0.39, 0.29) is 30.1 Å². The minimum absolute atomic E-state index is 0.0298. The number of benzene rings is 3. The molecule has 1 aliphatic rings. The zero-order chi connectivity index (χ0) is 29.1. The molecule has 1 atom stereocenters. The van der Waals surface area contributed by atoms with Crippen LogP contribution in [-0.4, -0.2) is 63.2 Å². The van der Waals surface area contributed by atoms with Crippen LogP contribution in [0.2, 0.25) is 0 Å². The summed E-state index contributed by atoms with van der Waals surface area (Å²) < 4.78 is 38.9. The van der Waals surface area contributed by atoms with Crippen molar-refractivity contribution in [1.82, 2.24) is 15.0 Å². The molecule has 10 nitrogen and oxygen atoms in total. The summed E-state index contributed by atoms with van der Waals surface area (Å²) in [6.07, 6.45) is 3.47. The predicted molar refractivity (Wildman–Crippen MR) is 155 cm³/mol. The lowest BCUT2D eigenvalue weighted by molar-refractivity contribution is -0.123. The van der Waals surface area contributed by atoms with Gasteiger partial charge in [0, 0.05) is 19.7 Å². The molecule has 11 heteroatoms. The summed E-state index contributed by atoms with van der Waals surface area (Å²) >= 11 is 0. The molecule has 0 aliphatic carbocycles. The van der Waals surface area contributed by atoms with Crippen molar-refractivity contribution in [3.8, 4) is 5.75 Å². The molecule has 0 saturated carbocycles. The first kappa shape index (κ1) is 29.9. The minimum atomic E-state index is -3.94. The molecule has 2 N–H and O–H groups in total. The molecule has 0 unspecified atom stereocenters. The van der Waals surface area contributed by atoms with Crippen molar-refractivity contribution in [2.45, 2.75) is 37.3 Å². The minimum Gasteiger partial charge on any atom is -0.484 e. The Kier molecular flexibility index (Phi) is 10.6. The second kappa shape index (κ2) is 14.5. The Morgan fingerprint density at radius 2 is 1.76 bits per heavy atom. The van der Waals surface area contributed by atoms with Crippen LogP contribution in [0.15, 0.2) is 88.9 Å². The van der Waals surface area contributed by atoms with Crippen molar-refractivity contribution < 1.29 is 27.5 Å². The van der Waals surface area contributed by atoms with Gasteiger partial charge < -0.3 is 14.8 Å². The van der Waals surface area contributed by atoms with Crippen molar-refractivity contribution in [1.29, 1.82) is 0 Å². The number of ether oxygens (including phenoxy) is 2. The van der Waals surface area contributed by atoms with E-state index in [1.54, 1.807) is 48.5 Å². The fourth-order valence-corrected chi connectivity index (χ4v) is 5.51. The van der Waals surface area contributed by atoms with Crippen LogP contribution in [0.5, 0.6) is 5.75 Å². The maximum atomic E-state index is 13.4. The first-order valence-electron chi connectivity index (χ1n) is 13.3. The third-order valence-corrected chi connectivity index (χ3v) is 8.19. The standard InChI is InChI=1S/C30H34N4O6S/c1-23-9-15-28(16-10-23)41(37,38)34(20-25-6-3-2-4-7-25)21-29(35)33-32-18-24-11-13-26(14-12-24)40-22-30(36)31-19-27-8-5-17-39-27/h2-4,6-7,9-16,18,27H,5,8,17,19-22H2,1H3,(H,31,36)(H,33,35)/b32-18+/t27-/m1/s1. The number of hydrazone groups is 1. The molecule has 0 aromatic heterocycles. The van der Waals surface area contributed by atoms with Crippen molar-refractivity contribution >= 4 is 28.1 Å². The van der Waals surface area contributed by atoms with Crippen molar-refractivity contribution in [3.05, 3.63) is 95.6 Å². The van der Waals surface area contributed by atoms with Gasteiger partial charge in [0.15, 0.2) is 6.61 Å². The predicted octanol–water partition coefficient (Wildman–Crippen LogP) is 3.01. The molecule has 4 rings (SSSR count).